The van der Waals surface area contributed by atoms with Gasteiger partial charge in [-0.15, -0.1) is 13.2 Å². The maximum Gasteiger partial charge on any atom is 0.573 e. The average Bonchev–Trinajstić information content (AvgIpc) is 2.65. The first-order chi connectivity index (χ1) is 14.4. The van der Waals surface area contributed by atoms with Gasteiger partial charge in [0.05, 0.1) is 12.8 Å². The standard InChI is InChI=1S/C21H23F3N2O5/c1-20(2,3)31-19(28)26-17(18(27)29-4)10-13-8-9-16(25-12-13)14-6-5-7-15(11-14)30-21(22,23)24/h5-9,11-12,17H,10H2,1-4H3,(H,26,28)/t17-/m1/s1. The molecule has 0 saturated carbocycles. The van der Waals surface area contributed by atoms with Crippen LogP contribution in [0.25, 0.3) is 11.3 Å². The molecule has 10 heteroatoms. The molecule has 1 N–H and O–H groups in total. The van der Waals surface area contributed by atoms with Gasteiger partial charge in [0.25, 0.3) is 0 Å². The molecule has 0 saturated heterocycles. The number of pyridine rings is 1. The van der Waals surface area contributed by atoms with E-state index in [1.54, 1.807) is 39.0 Å². The Labute approximate surface area is 177 Å². The number of nitrogens with zero attached hydrogens (tertiary/aromatic N) is 1. The topological polar surface area (TPSA) is 86.8 Å². The first kappa shape index (κ1) is 24.0. The van der Waals surface area contributed by atoms with Crippen molar-refractivity contribution in [1.82, 2.24) is 10.3 Å². The molecule has 1 aromatic carbocycles. The quantitative estimate of drug-likeness (QED) is 0.676. The summed E-state index contributed by atoms with van der Waals surface area (Å²) in [5, 5.41) is 2.46. The second kappa shape index (κ2) is 9.67. The monoisotopic (exact) mass is 440 g/mol. The third-order valence-corrected chi connectivity index (χ3v) is 3.80. The molecule has 0 radical (unpaired) electrons. The van der Waals surface area contributed by atoms with Crippen molar-refractivity contribution in [2.24, 2.45) is 0 Å². The van der Waals surface area contributed by atoms with Crippen LogP contribution in [0.4, 0.5) is 18.0 Å². The van der Waals surface area contributed by atoms with E-state index in [0.29, 0.717) is 16.8 Å². The lowest BCUT2D eigenvalue weighted by Gasteiger charge is -2.22. The Hall–Kier alpha value is -3.30. The summed E-state index contributed by atoms with van der Waals surface area (Å²) in [6, 6.07) is 7.65. The minimum Gasteiger partial charge on any atom is -0.467 e. The minimum absolute atomic E-state index is 0.0798. The summed E-state index contributed by atoms with van der Waals surface area (Å²) in [4.78, 5) is 28.3. The summed E-state index contributed by atoms with van der Waals surface area (Å²) in [5.41, 5.74) is 0.687. The Kier molecular flexibility index (Phi) is 7.48. The molecular formula is C21H23F3N2O5. The third-order valence-electron chi connectivity index (χ3n) is 3.80. The number of aromatic nitrogens is 1. The molecule has 0 bridgehead atoms. The van der Waals surface area contributed by atoms with Crippen LogP contribution in [0.15, 0.2) is 42.6 Å². The largest absolute Gasteiger partial charge is 0.573 e. The summed E-state index contributed by atoms with van der Waals surface area (Å²) in [6.45, 7) is 5.07. The van der Waals surface area contributed by atoms with Gasteiger partial charge < -0.3 is 19.5 Å². The van der Waals surface area contributed by atoms with E-state index in [1.807, 2.05) is 0 Å². The molecule has 2 aromatic rings. The minimum atomic E-state index is -4.79. The number of hydrogen-bond acceptors (Lipinski definition) is 6. The highest BCUT2D eigenvalue weighted by Crippen LogP contribution is 2.27. The van der Waals surface area contributed by atoms with Gasteiger partial charge in [-0.25, -0.2) is 9.59 Å². The van der Waals surface area contributed by atoms with Crippen molar-refractivity contribution in [3.63, 3.8) is 0 Å². The highest BCUT2D eigenvalue weighted by Gasteiger charge is 2.31. The average molecular weight is 440 g/mol. The van der Waals surface area contributed by atoms with Gasteiger partial charge in [-0.05, 0) is 44.5 Å². The molecule has 0 aliphatic carbocycles. The number of alkyl carbamates (subject to hydrolysis) is 1. The number of ether oxygens (including phenoxy) is 3. The predicted molar refractivity (Wildman–Crippen MR) is 105 cm³/mol. The Morgan fingerprint density at radius 1 is 1.13 bits per heavy atom. The van der Waals surface area contributed by atoms with Crippen molar-refractivity contribution in [3.05, 3.63) is 48.2 Å². The first-order valence-corrected chi connectivity index (χ1v) is 9.25. The van der Waals surface area contributed by atoms with Crippen LogP contribution in [0.5, 0.6) is 5.75 Å². The molecule has 2 rings (SSSR count). The highest BCUT2D eigenvalue weighted by molar-refractivity contribution is 5.81. The van der Waals surface area contributed by atoms with Gasteiger partial charge in [0, 0.05) is 18.2 Å². The number of benzene rings is 1. The van der Waals surface area contributed by atoms with Crippen molar-refractivity contribution in [2.75, 3.05) is 7.11 Å². The lowest BCUT2D eigenvalue weighted by molar-refractivity contribution is -0.274. The first-order valence-electron chi connectivity index (χ1n) is 9.25. The van der Waals surface area contributed by atoms with Crippen LogP contribution in [-0.2, 0) is 20.7 Å². The number of esters is 1. The summed E-state index contributed by atoms with van der Waals surface area (Å²) < 4.78 is 51.0. The van der Waals surface area contributed by atoms with Crippen molar-refractivity contribution < 1.29 is 37.0 Å². The summed E-state index contributed by atoms with van der Waals surface area (Å²) in [5.74, 6) is -1.02. The number of nitrogens with one attached hydrogen (secondary N) is 1. The Morgan fingerprint density at radius 2 is 1.84 bits per heavy atom. The number of halogens is 3. The van der Waals surface area contributed by atoms with Gasteiger partial charge in [-0.2, -0.15) is 0 Å². The van der Waals surface area contributed by atoms with Crippen LogP contribution in [0.3, 0.4) is 0 Å². The van der Waals surface area contributed by atoms with Crippen molar-refractivity contribution in [1.29, 1.82) is 0 Å². The molecule has 7 nitrogen and oxygen atoms in total. The van der Waals surface area contributed by atoms with E-state index in [2.05, 4.69) is 15.0 Å². The van der Waals surface area contributed by atoms with Crippen LogP contribution in [0.2, 0.25) is 0 Å². The summed E-state index contributed by atoms with van der Waals surface area (Å²) in [6.07, 6.45) is -4.02. The Bertz CT molecular complexity index is 908. The van der Waals surface area contributed by atoms with Gasteiger partial charge in [0.15, 0.2) is 0 Å². The smallest absolute Gasteiger partial charge is 0.467 e. The van der Waals surface area contributed by atoms with Gasteiger partial charge >= 0.3 is 18.4 Å². The van der Waals surface area contributed by atoms with E-state index in [4.69, 9.17) is 9.47 Å². The van der Waals surface area contributed by atoms with E-state index in [9.17, 15) is 22.8 Å². The normalized spacial score (nSPS) is 12.6. The molecule has 0 aliphatic rings. The second-order valence-corrected chi connectivity index (χ2v) is 7.55. The zero-order valence-corrected chi connectivity index (χ0v) is 17.4. The van der Waals surface area contributed by atoms with Gasteiger partial charge in [0.1, 0.15) is 17.4 Å². The summed E-state index contributed by atoms with van der Waals surface area (Å²) in [7, 11) is 1.20. The van der Waals surface area contributed by atoms with E-state index < -0.39 is 30.1 Å². The number of carbonyl (C=O) groups excluding carboxylic acids is 2. The van der Waals surface area contributed by atoms with Gasteiger partial charge in [-0.1, -0.05) is 18.2 Å². The fourth-order valence-corrected chi connectivity index (χ4v) is 2.59. The molecule has 1 amide bonds. The number of methoxy groups -OCH3 is 1. The molecule has 168 valence electrons. The van der Waals surface area contributed by atoms with Crippen molar-refractivity contribution in [2.45, 2.75) is 45.2 Å². The zero-order chi connectivity index (χ0) is 23.2. The molecule has 1 atom stereocenters. The van der Waals surface area contributed by atoms with Crippen LogP contribution >= 0.6 is 0 Å². The number of rotatable bonds is 6. The van der Waals surface area contributed by atoms with Gasteiger partial charge in [-0.3, -0.25) is 4.98 Å². The van der Waals surface area contributed by atoms with Crippen molar-refractivity contribution >= 4 is 12.1 Å². The Balaban J connectivity index is 2.13. The molecule has 31 heavy (non-hydrogen) atoms. The lowest BCUT2D eigenvalue weighted by Crippen LogP contribution is -2.45. The van der Waals surface area contributed by atoms with Crippen LogP contribution < -0.4 is 10.1 Å². The van der Waals surface area contributed by atoms with Crippen molar-refractivity contribution in [3.8, 4) is 17.0 Å². The molecule has 1 heterocycles. The molecule has 0 aliphatic heterocycles. The lowest BCUT2D eigenvalue weighted by atomic mass is 10.1. The van der Waals surface area contributed by atoms with E-state index in [0.717, 1.165) is 0 Å². The molecule has 1 aromatic heterocycles. The number of hydrogen-bond donors (Lipinski definition) is 1. The maximum absolute atomic E-state index is 12.4. The highest BCUT2D eigenvalue weighted by atomic mass is 19.4. The molecule has 0 unspecified atom stereocenters. The molecule has 0 fully saturated rings. The maximum atomic E-state index is 12.4. The molecule has 0 spiro atoms. The van der Waals surface area contributed by atoms with E-state index in [1.165, 1.54) is 31.5 Å². The second-order valence-electron chi connectivity index (χ2n) is 7.55. The van der Waals surface area contributed by atoms with E-state index in [-0.39, 0.29) is 12.2 Å². The zero-order valence-electron chi connectivity index (χ0n) is 17.4. The SMILES string of the molecule is COC(=O)[C@@H](Cc1ccc(-c2cccc(OC(F)(F)F)c2)nc1)NC(=O)OC(C)(C)C. The van der Waals surface area contributed by atoms with E-state index >= 15 is 0 Å². The predicted octanol–water partition coefficient (Wildman–Crippen LogP) is 4.26. The van der Waals surface area contributed by atoms with Gasteiger partial charge in [0.2, 0.25) is 0 Å². The number of amides is 1. The number of carbonyl (C=O) groups is 2. The van der Waals surface area contributed by atoms with Crippen LogP contribution in [0.1, 0.15) is 26.3 Å². The van der Waals surface area contributed by atoms with Crippen LogP contribution in [0, 0.1) is 0 Å². The fourth-order valence-electron chi connectivity index (χ4n) is 2.59. The third kappa shape index (κ3) is 8.15. The number of alkyl halides is 3. The Morgan fingerprint density at radius 3 is 2.39 bits per heavy atom. The fraction of sp³-hybridized carbons (Fsp3) is 0.381. The summed E-state index contributed by atoms with van der Waals surface area (Å²) >= 11 is 0. The van der Waals surface area contributed by atoms with Crippen LogP contribution in [-0.4, -0.2) is 42.2 Å². The molecular weight excluding hydrogens is 417 g/mol.